The fourth-order valence-electron chi connectivity index (χ4n) is 3.39. The maximum atomic E-state index is 12.4. The molecular formula is C22H23N5O. The minimum absolute atomic E-state index is 0.0598. The van der Waals surface area contributed by atoms with Crippen LogP contribution in [0.25, 0.3) is 16.7 Å². The predicted octanol–water partition coefficient (Wildman–Crippen LogP) is 3.66. The number of carbonyl (C=O) groups is 1. The first-order chi connectivity index (χ1) is 13.6. The molecule has 0 atom stereocenters. The topological polar surface area (TPSA) is 64.7 Å². The van der Waals surface area contributed by atoms with Crippen molar-refractivity contribution >= 4 is 16.9 Å². The van der Waals surface area contributed by atoms with Crippen LogP contribution in [0.15, 0.2) is 60.9 Å². The zero-order valence-corrected chi connectivity index (χ0v) is 16.1. The molecule has 1 amide bonds. The number of benzene rings is 2. The molecule has 4 aromatic rings. The molecule has 2 heterocycles. The summed E-state index contributed by atoms with van der Waals surface area (Å²) in [5.41, 5.74) is 5.77. The first kappa shape index (κ1) is 18.0. The number of para-hydroxylation sites is 2. The average molecular weight is 373 g/mol. The van der Waals surface area contributed by atoms with E-state index in [2.05, 4.69) is 26.0 Å². The van der Waals surface area contributed by atoms with Gasteiger partial charge in [-0.05, 0) is 62.7 Å². The molecule has 0 spiro atoms. The van der Waals surface area contributed by atoms with E-state index >= 15 is 0 Å². The Morgan fingerprint density at radius 2 is 1.86 bits per heavy atom. The fraction of sp³-hybridized carbons (Fsp3) is 0.227. The quantitative estimate of drug-likeness (QED) is 0.525. The maximum absolute atomic E-state index is 12.4. The van der Waals surface area contributed by atoms with Crippen LogP contribution in [0, 0.1) is 13.8 Å². The van der Waals surface area contributed by atoms with Crippen molar-refractivity contribution in [2.75, 3.05) is 6.54 Å². The lowest BCUT2D eigenvalue weighted by molar-refractivity contribution is 0.0953. The largest absolute Gasteiger partial charge is 0.352 e. The number of carbonyl (C=O) groups excluding carboxylic acids is 1. The van der Waals surface area contributed by atoms with Crippen LogP contribution in [0.3, 0.4) is 0 Å². The highest BCUT2D eigenvalue weighted by Gasteiger charge is 2.08. The maximum Gasteiger partial charge on any atom is 0.251 e. The number of hydrogen-bond donors (Lipinski definition) is 1. The van der Waals surface area contributed by atoms with Crippen molar-refractivity contribution in [2.24, 2.45) is 0 Å². The van der Waals surface area contributed by atoms with Gasteiger partial charge in [0.15, 0.2) is 0 Å². The van der Waals surface area contributed by atoms with Crippen molar-refractivity contribution in [1.82, 2.24) is 24.6 Å². The van der Waals surface area contributed by atoms with Gasteiger partial charge in [0.2, 0.25) is 0 Å². The molecule has 1 N–H and O–H groups in total. The number of aromatic nitrogens is 4. The summed E-state index contributed by atoms with van der Waals surface area (Å²) in [6, 6.07) is 17.6. The second-order valence-electron chi connectivity index (χ2n) is 6.92. The molecule has 6 nitrogen and oxygen atoms in total. The standard InChI is InChI=1S/C22H23N5O/c1-16-14-17(2)27(25-16)19-10-8-18(9-11-19)22(28)23-12-5-13-26-15-24-20-6-3-4-7-21(20)26/h3-4,6-11,14-15H,5,12-13H2,1-2H3,(H,23,28). The first-order valence-electron chi connectivity index (χ1n) is 9.43. The Labute approximate surface area is 163 Å². The van der Waals surface area contributed by atoms with E-state index in [0.29, 0.717) is 12.1 Å². The van der Waals surface area contributed by atoms with Gasteiger partial charge in [0.25, 0.3) is 5.91 Å². The molecule has 4 rings (SSSR count). The van der Waals surface area contributed by atoms with Gasteiger partial charge in [-0.25, -0.2) is 9.67 Å². The Hall–Kier alpha value is -3.41. The average Bonchev–Trinajstić information content (AvgIpc) is 3.27. The van der Waals surface area contributed by atoms with Crippen molar-refractivity contribution in [3.63, 3.8) is 0 Å². The molecule has 0 aliphatic carbocycles. The van der Waals surface area contributed by atoms with Gasteiger partial charge in [-0.2, -0.15) is 5.10 Å². The van der Waals surface area contributed by atoms with Gasteiger partial charge < -0.3 is 9.88 Å². The summed E-state index contributed by atoms with van der Waals surface area (Å²) in [7, 11) is 0. The van der Waals surface area contributed by atoms with Crippen LogP contribution < -0.4 is 5.32 Å². The van der Waals surface area contributed by atoms with Crippen LogP contribution in [-0.4, -0.2) is 31.8 Å². The summed E-state index contributed by atoms with van der Waals surface area (Å²) in [4.78, 5) is 16.8. The third kappa shape index (κ3) is 3.67. The summed E-state index contributed by atoms with van der Waals surface area (Å²) in [6.45, 7) is 5.42. The molecule has 6 heteroatoms. The molecule has 2 aromatic carbocycles. The van der Waals surface area contributed by atoms with Crippen LogP contribution >= 0.6 is 0 Å². The number of imidazole rings is 1. The summed E-state index contributed by atoms with van der Waals surface area (Å²) in [5, 5.41) is 7.46. The second-order valence-corrected chi connectivity index (χ2v) is 6.92. The van der Waals surface area contributed by atoms with E-state index in [4.69, 9.17) is 0 Å². The molecule has 142 valence electrons. The van der Waals surface area contributed by atoms with Crippen LogP contribution in [0.4, 0.5) is 0 Å². The van der Waals surface area contributed by atoms with Gasteiger partial charge in [-0.1, -0.05) is 12.1 Å². The number of rotatable bonds is 6. The fourth-order valence-corrected chi connectivity index (χ4v) is 3.39. The van der Waals surface area contributed by atoms with Crippen LogP contribution in [-0.2, 0) is 6.54 Å². The summed E-state index contributed by atoms with van der Waals surface area (Å²) in [6.07, 6.45) is 2.69. The number of fused-ring (bicyclic) bond motifs is 1. The van der Waals surface area contributed by atoms with E-state index in [1.165, 1.54) is 0 Å². The predicted molar refractivity (Wildman–Crippen MR) is 110 cm³/mol. The van der Waals surface area contributed by atoms with E-state index in [1.54, 1.807) is 0 Å². The van der Waals surface area contributed by atoms with Crippen LogP contribution in [0.1, 0.15) is 28.2 Å². The summed E-state index contributed by atoms with van der Waals surface area (Å²) < 4.78 is 4.00. The molecule has 0 saturated heterocycles. The molecule has 0 unspecified atom stereocenters. The van der Waals surface area contributed by atoms with Gasteiger partial charge in [0.1, 0.15) is 0 Å². The summed E-state index contributed by atoms with van der Waals surface area (Å²) in [5.74, 6) is -0.0598. The van der Waals surface area contributed by atoms with Gasteiger partial charge >= 0.3 is 0 Å². The van der Waals surface area contributed by atoms with E-state index < -0.39 is 0 Å². The highest BCUT2D eigenvalue weighted by Crippen LogP contribution is 2.14. The lowest BCUT2D eigenvalue weighted by atomic mass is 10.2. The summed E-state index contributed by atoms with van der Waals surface area (Å²) >= 11 is 0. The number of aryl methyl sites for hydroxylation is 3. The number of nitrogens with zero attached hydrogens (tertiary/aromatic N) is 4. The van der Waals surface area contributed by atoms with E-state index in [1.807, 2.05) is 73.4 Å². The van der Waals surface area contributed by atoms with Gasteiger partial charge in [0, 0.05) is 24.3 Å². The third-order valence-corrected chi connectivity index (χ3v) is 4.77. The lowest BCUT2D eigenvalue weighted by Crippen LogP contribution is -2.25. The normalized spacial score (nSPS) is 11.1. The number of hydrogen-bond acceptors (Lipinski definition) is 3. The zero-order valence-electron chi connectivity index (χ0n) is 16.1. The zero-order chi connectivity index (χ0) is 19.5. The molecule has 0 aliphatic heterocycles. The van der Waals surface area contributed by atoms with E-state index in [9.17, 15) is 4.79 Å². The van der Waals surface area contributed by atoms with Crippen LogP contribution in [0.2, 0.25) is 0 Å². The number of nitrogens with one attached hydrogen (secondary N) is 1. The molecule has 0 bridgehead atoms. The molecule has 0 radical (unpaired) electrons. The third-order valence-electron chi connectivity index (χ3n) is 4.77. The van der Waals surface area contributed by atoms with Crippen molar-refractivity contribution in [3.8, 4) is 5.69 Å². The minimum atomic E-state index is -0.0598. The second kappa shape index (κ2) is 7.68. The van der Waals surface area contributed by atoms with Gasteiger partial charge in [0.05, 0.1) is 28.7 Å². The smallest absolute Gasteiger partial charge is 0.251 e. The Morgan fingerprint density at radius 1 is 1.07 bits per heavy atom. The van der Waals surface area contributed by atoms with Crippen molar-refractivity contribution in [1.29, 1.82) is 0 Å². The molecule has 0 aliphatic rings. The molecule has 2 aromatic heterocycles. The SMILES string of the molecule is Cc1cc(C)n(-c2ccc(C(=O)NCCCn3cnc4ccccc43)cc2)n1. The lowest BCUT2D eigenvalue weighted by Gasteiger charge is -2.08. The monoisotopic (exact) mass is 373 g/mol. The highest BCUT2D eigenvalue weighted by atomic mass is 16.1. The van der Waals surface area contributed by atoms with Crippen molar-refractivity contribution in [3.05, 3.63) is 77.9 Å². The number of amides is 1. The first-order valence-corrected chi connectivity index (χ1v) is 9.43. The minimum Gasteiger partial charge on any atom is -0.352 e. The Bertz CT molecular complexity index is 1110. The van der Waals surface area contributed by atoms with E-state index in [0.717, 1.165) is 41.1 Å². The van der Waals surface area contributed by atoms with Crippen molar-refractivity contribution < 1.29 is 4.79 Å². The van der Waals surface area contributed by atoms with Gasteiger partial charge in [-0.3, -0.25) is 4.79 Å². The molecule has 28 heavy (non-hydrogen) atoms. The van der Waals surface area contributed by atoms with Gasteiger partial charge in [-0.15, -0.1) is 0 Å². The van der Waals surface area contributed by atoms with Crippen LogP contribution in [0.5, 0.6) is 0 Å². The Morgan fingerprint density at radius 3 is 2.61 bits per heavy atom. The highest BCUT2D eigenvalue weighted by molar-refractivity contribution is 5.94. The Kier molecular flexibility index (Phi) is 4.93. The molecule has 0 fully saturated rings. The molecular weight excluding hydrogens is 350 g/mol. The molecule has 0 saturated carbocycles. The van der Waals surface area contributed by atoms with E-state index in [-0.39, 0.29) is 5.91 Å². The Balaban J connectivity index is 1.32. The van der Waals surface area contributed by atoms with Crippen molar-refractivity contribution in [2.45, 2.75) is 26.8 Å².